The minimum atomic E-state index is -0.897. The number of carboxylic acid groups (broad SMARTS) is 1. The molecule has 0 unspecified atom stereocenters. The molecule has 5 N–H and O–H groups in total. The van der Waals surface area contributed by atoms with Crippen LogP contribution in [-0.4, -0.2) is 54.3 Å². The Bertz CT molecular complexity index is 1170. The van der Waals surface area contributed by atoms with E-state index < -0.39 is 6.09 Å². The molecule has 0 aliphatic carbocycles. The molecular formula is C18H17N7O2. The van der Waals surface area contributed by atoms with Crippen LogP contribution in [-0.2, 0) is 0 Å². The molecule has 0 saturated carbocycles. The molecule has 27 heavy (non-hydrogen) atoms. The van der Waals surface area contributed by atoms with Crippen molar-refractivity contribution in [1.29, 1.82) is 0 Å². The fourth-order valence-electron chi connectivity index (χ4n) is 3.71. The molecule has 0 spiro atoms. The predicted octanol–water partition coefficient (Wildman–Crippen LogP) is 2.55. The highest BCUT2D eigenvalue weighted by Crippen LogP contribution is 2.32. The maximum Gasteiger partial charge on any atom is 0.407 e. The van der Waals surface area contributed by atoms with E-state index in [-0.39, 0.29) is 5.92 Å². The summed E-state index contributed by atoms with van der Waals surface area (Å²) in [6.45, 7) is 0.947. The Morgan fingerprint density at radius 2 is 2.19 bits per heavy atom. The molecule has 1 aliphatic heterocycles. The smallest absolute Gasteiger partial charge is 0.407 e. The van der Waals surface area contributed by atoms with Gasteiger partial charge in [0.15, 0.2) is 0 Å². The van der Waals surface area contributed by atoms with Crippen LogP contribution in [0.5, 0.6) is 0 Å². The van der Waals surface area contributed by atoms with Crippen molar-refractivity contribution in [3.05, 3.63) is 36.3 Å². The van der Waals surface area contributed by atoms with Gasteiger partial charge >= 0.3 is 6.09 Å². The van der Waals surface area contributed by atoms with Gasteiger partial charge in [0.1, 0.15) is 22.7 Å². The summed E-state index contributed by atoms with van der Waals surface area (Å²) in [5.74, 6) is 1.17. The fraction of sp³-hybridized carbons (Fsp3) is 0.222. The van der Waals surface area contributed by atoms with E-state index in [2.05, 4.69) is 20.2 Å². The molecule has 5 rings (SSSR count). The molecule has 1 saturated heterocycles. The third-order valence-electron chi connectivity index (χ3n) is 5.11. The minimum Gasteiger partial charge on any atom is -0.465 e. The number of hydrogen-bond donors (Lipinski definition) is 4. The highest BCUT2D eigenvalue weighted by Gasteiger charge is 2.29. The molecule has 9 heteroatoms. The number of fused-ring (bicyclic) bond motifs is 3. The molecule has 1 aromatic carbocycles. The van der Waals surface area contributed by atoms with E-state index in [0.717, 1.165) is 39.9 Å². The third-order valence-corrected chi connectivity index (χ3v) is 5.11. The van der Waals surface area contributed by atoms with Crippen molar-refractivity contribution in [2.75, 3.05) is 18.8 Å². The number of anilines is 1. The van der Waals surface area contributed by atoms with Gasteiger partial charge in [-0.2, -0.15) is 5.10 Å². The first kappa shape index (κ1) is 15.6. The van der Waals surface area contributed by atoms with Gasteiger partial charge < -0.3 is 20.7 Å². The molecule has 9 nitrogen and oxygen atoms in total. The van der Waals surface area contributed by atoms with Crippen LogP contribution in [0.1, 0.15) is 18.2 Å². The lowest BCUT2D eigenvalue weighted by Gasteiger charge is -2.10. The van der Waals surface area contributed by atoms with Crippen molar-refractivity contribution in [2.45, 2.75) is 12.3 Å². The number of pyridine rings is 1. The summed E-state index contributed by atoms with van der Waals surface area (Å²) in [5.41, 5.74) is 10.1. The van der Waals surface area contributed by atoms with E-state index in [4.69, 9.17) is 15.8 Å². The van der Waals surface area contributed by atoms with Crippen LogP contribution < -0.4 is 5.73 Å². The quantitative estimate of drug-likeness (QED) is 0.432. The van der Waals surface area contributed by atoms with Crippen LogP contribution in [0.15, 0.2) is 30.5 Å². The zero-order chi connectivity index (χ0) is 18.5. The van der Waals surface area contributed by atoms with E-state index in [9.17, 15) is 4.79 Å². The zero-order valence-electron chi connectivity index (χ0n) is 14.3. The van der Waals surface area contributed by atoms with Crippen molar-refractivity contribution < 1.29 is 9.90 Å². The van der Waals surface area contributed by atoms with Crippen molar-refractivity contribution in [3.63, 3.8) is 0 Å². The van der Waals surface area contributed by atoms with Crippen molar-refractivity contribution in [1.82, 2.24) is 30.0 Å². The van der Waals surface area contributed by atoms with Crippen LogP contribution in [0, 0.1) is 0 Å². The van der Waals surface area contributed by atoms with E-state index in [1.165, 1.54) is 4.90 Å². The largest absolute Gasteiger partial charge is 0.465 e. The summed E-state index contributed by atoms with van der Waals surface area (Å²) in [6.07, 6.45) is 1.61. The summed E-state index contributed by atoms with van der Waals surface area (Å²) in [4.78, 5) is 25.1. The topological polar surface area (TPSA) is 137 Å². The predicted molar refractivity (Wildman–Crippen MR) is 100 cm³/mol. The SMILES string of the molecule is Nc1nc2cc(-c3cc[nH]n3)ccc2c2nc([C@@H]3CCN(C(=O)O)C3)[nH]c12. The Labute approximate surface area is 153 Å². The highest BCUT2D eigenvalue weighted by molar-refractivity contribution is 6.07. The summed E-state index contributed by atoms with van der Waals surface area (Å²) in [7, 11) is 0. The molecule has 4 heterocycles. The lowest BCUT2D eigenvalue weighted by molar-refractivity contribution is 0.155. The molecule has 3 aromatic heterocycles. The van der Waals surface area contributed by atoms with Gasteiger partial charge in [0.25, 0.3) is 0 Å². The number of nitrogens with zero attached hydrogens (tertiary/aromatic N) is 4. The number of benzene rings is 1. The van der Waals surface area contributed by atoms with E-state index in [1.54, 1.807) is 6.20 Å². The van der Waals surface area contributed by atoms with E-state index >= 15 is 0 Å². The fourth-order valence-corrected chi connectivity index (χ4v) is 3.71. The van der Waals surface area contributed by atoms with Gasteiger partial charge in [-0.15, -0.1) is 0 Å². The first-order chi connectivity index (χ1) is 13.1. The normalized spacial score (nSPS) is 17.2. The van der Waals surface area contributed by atoms with E-state index in [1.807, 2.05) is 24.3 Å². The van der Waals surface area contributed by atoms with Crippen molar-refractivity contribution in [3.8, 4) is 11.3 Å². The van der Waals surface area contributed by atoms with Crippen molar-refractivity contribution >= 4 is 33.8 Å². The molecule has 1 aliphatic rings. The Morgan fingerprint density at radius 3 is 2.93 bits per heavy atom. The second-order valence-electron chi connectivity index (χ2n) is 6.75. The first-order valence-electron chi connectivity index (χ1n) is 8.67. The number of aromatic nitrogens is 5. The minimum absolute atomic E-state index is 0.0336. The average Bonchev–Trinajstić information content (AvgIpc) is 3.40. The Kier molecular flexibility index (Phi) is 3.30. The summed E-state index contributed by atoms with van der Waals surface area (Å²) >= 11 is 0. The van der Waals surface area contributed by atoms with E-state index in [0.29, 0.717) is 24.4 Å². The number of imidazole rings is 1. The number of hydrogen-bond acceptors (Lipinski definition) is 5. The van der Waals surface area contributed by atoms with Gasteiger partial charge in [0, 0.05) is 36.2 Å². The molecule has 1 amide bonds. The molecule has 1 fully saturated rings. The lowest BCUT2D eigenvalue weighted by atomic mass is 10.1. The number of amides is 1. The van der Waals surface area contributed by atoms with Gasteiger partial charge in [0.2, 0.25) is 0 Å². The maximum absolute atomic E-state index is 11.2. The van der Waals surface area contributed by atoms with Gasteiger partial charge in [-0.05, 0) is 24.6 Å². The maximum atomic E-state index is 11.2. The Balaban J connectivity index is 1.61. The summed E-state index contributed by atoms with van der Waals surface area (Å²) in [6, 6.07) is 7.78. The Hall–Kier alpha value is -3.62. The number of nitrogens with two attached hydrogens (primary N) is 1. The second kappa shape index (κ2) is 5.70. The number of rotatable bonds is 2. The lowest BCUT2D eigenvalue weighted by Crippen LogP contribution is -2.26. The molecular weight excluding hydrogens is 346 g/mol. The number of nitrogen functional groups attached to an aromatic ring is 1. The molecule has 1 atom stereocenters. The first-order valence-corrected chi connectivity index (χ1v) is 8.67. The summed E-state index contributed by atoms with van der Waals surface area (Å²) < 4.78 is 0. The number of aromatic amines is 2. The number of H-pyrrole nitrogens is 2. The molecule has 136 valence electrons. The van der Waals surface area contributed by atoms with Gasteiger partial charge in [-0.25, -0.2) is 14.8 Å². The van der Waals surface area contributed by atoms with Gasteiger partial charge in [-0.1, -0.05) is 6.07 Å². The molecule has 0 bridgehead atoms. The monoisotopic (exact) mass is 363 g/mol. The van der Waals surface area contributed by atoms with Crippen LogP contribution in [0.3, 0.4) is 0 Å². The number of likely N-dealkylation sites (tertiary alicyclic amines) is 1. The summed E-state index contributed by atoms with van der Waals surface area (Å²) in [5, 5.41) is 17.1. The van der Waals surface area contributed by atoms with Crippen LogP contribution >= 0.6 is 0 Å². The second-order valence-corrected chi connectivity index (χ2v) is 6.75. The standard InChI is InChI=1S/C18H17N7O2/c19-16-15-14(22-17(23-15)10-4-6-25(8-10)18(26)27)11-2-1-9(7-13(11)21-16)12-3-5-20-24-12/h1-3,5,7,10H,4,6,8H2,(H2,19,21)(H,20,24)(H,22,23)(H,26,27)/t10-/m1/s1. The van der Waals surface area contributed by atoms with Crippen LogP contribution in [0.25, 0.3) is 33.2 Å². The molecule has 0 radical (unpaired) electrons. The average molecular weight is 363 g/mol. The van der Waals surface area contributed by atoms with Crippen LogP contribution in [0.4, 0.5) is 10.6 Å². The number of carbonyl (C=O) groups is 1. The van der Waals surface area contributed by atoms with Crippen molar-refractivity contribution in [2.24, 2.45) is 0 Å². The molecule has 4 aromatic rings. The zero-order valence-corrected chi connectivity index (χ0v) is 14.3. The van der Waals surface area contributed by atoms with Crippen LogP contribution in [0.2, 0.25) is 0 Å². The van der Waals surface area contributed by atoms with Gasteiger partial charge in [0.05, 0.1) is 11.2 Å². The van der Waals surface area contributed by atoms with Gasteiger partial charge in [-0.3, -0.25) is 5.10 Å². The Morgan fingerprint density at radius 1 is 1.30 bits per heavy atom. The highest BCUT2D eigenvalue weighted by atomic mass is 16.4. The third kappa shape index (κ3) is 2.47. The number of nitrogens with one attached hydrogen (secondary N) is 2.